The van der Waals surface area contributed by atoms with Crippen LogP contribution in [0.3, 0.4) is 0 Å². The van der Waals surface area contributed by atoms with E-state index in [1.54, 1.807) is 22.7 Å². The molecule has 2 aromatic heterocycles. The van der Waals surface area contributed by atoms with Crippen molar-refractivity contribution in [3.8, 4) is 10.6 Å². The zero-order valence-corrected chi connectivity index (χ0v) is 13.9. The van der Waals surface area contributed by atoms with Crippen LogP contribution < -0.4 is 11.5 Å². The Hall–Kier alpha value is -2.12. The molecule has 1 unspecified atom stereocenters. The molecule has 1 aliphatic carbocycles. The third-order valence-electron chi connectivity index (χ3n) is 4.04. The van der Waals surface area contributed by atoms with Crippen molar-refractivity contribution < 1.29 is 9.53 Å². The third-order valence-corrected chi connectivity index (χ3v) is 6.18. The molecule has 0 fully saturated rings. The number of thiazole rings is 1. The molecule has 0 radical (unpaired) electrons. The molecule has 5 nitrogen and oxygen atoms in total. The van der Waals surface area contributed by atoms with E-state index < -0.39 is 6.09 Å². The van der Waals surface area contributed by atoms with E-state index in [2.05, 4.69) is 6.07 Å². The van der Waals surface area contributed by atoms with Crippen molar-refractivity contribution in [2.45, 2.75) is 25.4 Å². The van der Waals surface area contributed by atoms with Crippen LogP contribution >= 0.6 is 22.7 Å². The zero-order valence-electron chi connectivity index (χ0n) is 12.2. The Morgan fingerprint density at radius 2 is 2.13 bits per heavy atom. The summed E-state index contributed by atoms with van der Waals surface area (Å²) in [5.41, 5.74) is 14.7. The van der Waals surface area contributed by atoms with Crippen LogP contribution in [0, 0.1) is 0 Å². The molecule has 118 valence electrons. The number of benzene rings is 1. The number of rotatable bonds is 2. The first-order valence-electron chi connectivity index (χ1n) is 7.34. The largest absolute Gasteiger partial charge is 0.446 e. The molecule has 1 aromatic carbocycles. The van der Waals surface area contributed by atoms with Gasteiger partial charge in [0.25, 0.3) is 0 Å². The number of anilines is 1. The Morgan fingerprint density at radius 3 is 2.91 bits per heavy atom. The Labute approximate surface area is 140 Å². The lowest BCUT2D eigenvalue weighted by atomic mass is 9.93. The number of nitrogens with two attached hydrogens (primary N) is 2. The Bertz CT molecular complexity index is 867. The first-order valence-corrected chi connectivity index (χ1v) is 8.97. The van der Waals surface area contributed by atoms with Crippen LogP contribution in [0.5, 0.6) is 0 Å². The molecule has 3 aromatic rings. The van der Waals surface area contributed by atoms with Crippen LogP contribution in [0.15, 0.2) is 24.3 Å². The van der Waals surface area contributed by atoms with Crippen LogP contribution in [0.1, 0.15) is 16.9 Å². The molecule has 0 aliphatic heterocycles. The van der Waals surface area contributed by atoms with Crippen LogP contribution in [0.25, 0.3) is 20.8 Å². The minimum atomic E-state index is -0.714. The Morgan fingerprint density at radius 1 is 1.30 bits per heavy atom. The molecule has 0 saturated carbocycles. The first-order chi connectivity index (χ1) is 11.1. The minimum absolute atomic E-state index is 0.152. The number of primary amides is 1. The van der Waals surface area contributed by atoms with Gasteiger partial charge in [-0.15, -0.1) is 22.7 Å². The molecule has 23 heavy (non-hydrogen) atoms. The molecular formula is C16H15N3O2S2. The van der Waals surface area contributed by atoms with E-state index in [0.717, 1.165) is 38.6 Å². The number of hydrogen-bond acceptors (Lipinski definition) is 6. The topological polar surface area (TPSA) is 91.2 Å². The lowest BCUT2D eigenvalue weighted by Crippen LogP contribution is -2.27. The standard InChI is InChI=1S/C16H15N3O2S2/c17-14-13(15-19-10-3-1-2-4-11(10)23-15)9-6-5-8(21-16(18)20)7-12(9)22-14/h1-4,8H,5-7,17H2,(H2,18,20). The molecule has 7 heteroatoms. The number of carbonyl (C=O) groups is 1. The summed E-state index contributed by atoms with van der Waals surface area (Å²) < 4.78 is 6.30. The average Bonchev–Trinajstić information content (AvgIpc) is 3.05. The fourth-order valence-corrected chi connectivity index (χ4v) is 5.36. The van der Waals surface area contributed by atoms with Crippen molar-refractivity contribution >= 4 is 44.0 Å². The molecule has 4 N–H and O–H groups in total. The quantitative estimate of drug-likeness (QED) is 0.743. The highest BCUT2D eigenvalue weighted by Gasteiger charge is 2.28. The summed E-state index contributed by atoms with van der Waals surface area (Å²) in [6, 6.07) is 8.09. The number of nitrogen functional groups attached to an aromatic ring is 1. The van der Waals surface area contributed by atoms with Gasteiger partial charge in [-0.2, -0.15) is 0 Å². The molecule has 2 heterocycles. The highest BCUT2D eigenvalue weighted by atomic mass is 32.1. The predicted molar refractivity (Wildman–Crippen MR) is 93.8 cm³/mol. The zero-order chi connectivity index (χ0) is 16.0. The van der Waals surface area contributed by atoms with Gasteiger partial charge in [-0.25, -0.2) is 9.78 Å². The van der Waals surface area contributed by atoms with E-state index in [1.165, 1.54) is 10.4 Å². The van der Waals surface area contributed by atoms with E-state index in [9.17, 15) is 4.79 Å². The van der Waals surface area contributed by atoms with Crippen molar-refractivity contribution in [1.82, 2.24) is 4.98 Å². The van der Waals surface area contributed by atoms with Gasteiger partial charge in [0.15, 0.2) is 0 Å². The van der Waals surface area contributed by atoms with Crippen molar-refractivity contribution in [3.05, 3.63) is 34.7 Å². The number of aromatic nitrogens is 1. The molecule has 0 bridgehead atoms. The van der Waals surface area contributed by atoms with E-state index >= 15 is 0 Å². The minimum Gasteiger partial charge on any atom is -0.446 e. The van der Waals surface area contributed by atoms with Crippen LogP contribution in [-0.2, 0) is 17.6 Å². The van der Waals surface area contributed by atoms with Crippen molar-refractivity contribution in [3.63, 3.8) is 0 Å². The summed E-state index contributed by atoms with van der Waals surface area (Å²) in [4.78, 5) is 16.8. The summed E-state index contributed by atoms with van der Waals surface area (Å²) >= 11 is 3.23. The van der Waals surface area contributed by atoms with E-state index in [0.29, 0.717) is 6.42 Å². The van der Waals surface area contributed by atoms with E-state index in [4.69, 9.17) is 21.2 Å². The van der Waals surface area contributed by atoms with Gasteiger partial charge in [0.2, 0.25) is 0 Å². The third kappa shape index (κ3) is 2.55. The second-order valence-electron chi connectivity index (χ2n) is 5.53. The molecule has 1 atom stereocenters. The molecule has 4 rings (SSSR count). The number of amides is 1. The number of fused-ring (bicyclic) bond motifs is 2. The number of carbonyl (C=O) groups excluding carboxylic acids is 1. The molecule has 0 spiro atoms. The number of nitrogens with zero attached hydrogens (tertiary/aromatic N) is 1. The highest BCUT2D eigenvalue weighted by Crippen LogP contribution is 2.45. The average molecular weight is 345 g/mol. The normalized spacial score (nSPS) is 17.1. The SMILES string of the molecule is NC(=O)OC1CCc2c(sc(N)c2-c2nc3ccccc3s2)C1. The van der Waals surface area contributed by atoms with Crippen LogP contribution in [0.2, 0.25) is 0 Å². The van der Waals surface area contributed by atoms with Gasteiger partial charge in [0.05, 0.1) is 15.2 Å². The maximum atomic E-state index is 10.9. The summed E-state index contributed by atoms with van der Waals surface area (Å²) in [5.74, 6) is 0. The van der Waals surface area contributed by atoms with Crippen molar-refractivity contribution in [1.29, 1.82) is 0 Å². The molecule has 1 amide bonds. The number of para-hydroxylation sites is 1. The lowest BCUT2D eigenvalue weighted by molar-refractivity contribution is 0.0987. The number of hydrogen-bond donors (Lipinski definition) is 2. The molecular weight excluding hydrogens is 330 g/mol. The second kappa shape index (κ2) is 5.50. The van der Waals surface area contributed by atoms with Crippen LogP contribution in [0.4, 0.5) is 9.80 Å². The van der Waals surface area contributed by atoms with E-state index in [-0.39, 0.29) is 6.10 Å². The molecule has 1 aliphatic rings. The molecule has 0 saturated heterocycles. The van der Waals surface area contributed by atoms with Gasteiger partial charge in [0, 0.05) is 16.9 Å². The van der Waals surface area contributed by atoms with Gasteiger partial charge in [-0.3, -0.25) is 0 Å². The van der Waals surface area contributed by atoms with Gasteiger partial charge in [0.1, 0.15) is 11.1 Å². The van der Waals surface area contributed by atoms with Crippen molar-refractivity contribution in [2.75, 3.05) is 5.73 Å². The smallest absolute Gasteiger partial charge is 0.404 e. The first kappa shape index (κ1) is 14.5. The fraction of sp³-hybridized carbons (Fsp3) is 0.250. The fourth-order valence-electron chi connectivity index (χ4n) is 3.06. The Balaban J connectivity index is 1.73. The second-order valence-corrected chi connectivity index (χ2v) is 7.70. The summed E-state index contributed by atoms with van der Waals surface area (Å²) in [6.07, 6.45) is 1.41. The number of thiophene rings is 1. The summed E-state index contributed by atoms with van der Waals surface area (Å²) in [7, 11) is 0. The van der Waals surface area contributed by atoms with E-state index in [1.807, 2.05) is 18.2 Å². The van der Waals surface area contributed by atoms with Gasteiger partial charge in [-0.1, -0.05) is 12.1 Å². The van der Waals surface area contributed by atoms with Crippen molar-refractivity contribution in [2.24, 2.45) is 5.73 Å². The van der Waals surface area contributed by atoms with Gasteiger partial charge < -0.3 is 16.2 Å². The summed E-state index contributed by atoms with van der Waals surface area (Å²) in [6.45, 7) is 0. The van der Waals surface area contributed by atoms with Gasteiger partial charge in [-0.05, 0) is 30.5 Å². The monoisotopic (exact) mass is 345 g/mol. The highest BCUT2D eigenvalue weighted by molar-refractivity contribution is 7.22. The van der Waals surface area contributed by atoms with Gasteiger partial charge >= 0.3 is 6.09 Å². The van der Waals surface area contributed by atoms with Crippen LogP contribution in [-0.4, -0.2) is 17.2 Å². The Kier molecular flexibility index (Phi) is 3.46. The maximum Gasteiger partial charge on any atom is 0.404 e. The number of ether oxygens (including phenoxy) is 1. The summed E-state index contributed by atoms with van der Waals surface area (Å²) in [5, 5.41) is 1.75. The predicted octanol–water partition coefficient (Wildman–Crippen LogP) is 3.56. The maximum absolute atomic E-state index is 10.9. The lowest BCUT2D eigenvalue weighted by Gasteiger charge is -2.21.